The van der Waals surface area contributed by atoms with Crippen molar-refractivity contribution < 1.29 is 0 Å². The lowest BCUT2D eigenvalue weighted by Crippen LogP contribution is -2.29. The van der Waals surface area contributed by atoms with E-state index in [4.69, 9.17) is 0 Å². The maximum Gasteiger partial charge on any atom is -0.0272 e. The molecule has 0 aromatic rings. The van der Waals surface area contributed by atoms with Gasteiger partial charge in [-0.2, -0.15) is 0 Å². The fourth-order valence-corrected chi connectivity index (χ4v) is 3.11. The Morgan fingerprint density at radius 1 is 1.07 bits per heavy atom. The molecule has 1 aliphatic carbocycles. The van der Waals surface area contributed by atoms with Gasteiger partial charge in [-0.05, 0) is 37.5 Å². The molecule has 15 heavy (non-hydrogen) atoms. The predicted molar refractivity (Wildman–Crippen MR) is 68.8 cm³/mol. The highest BCUT2D eigenvalue weighted by molar-refractivity contribution is 4.89. The molecule has 0 aromatic carbocycles. The van der Waals surface area contributed by atoms with Crippen LogP contribution in [0.4, 0.5) is 0 Å². The van der Waals surface area contributed by atoms with Crippen LogP contribution in [0.5, 0.6) is 0 Å². The molecule has 0 heterocycles. The van der Waals surface area contributed by atoms with Gasteiger partial charge in [-0.25, -0.2) is 0 Å². The van der Waals surface area contributed by atoms with Gasteiger partial charge in [0.05, 0.1) is 0 Å². The highest BCUT2D eigenvalue weighted by Gasteiger charge is 2.32. The molecule has 0 amide bonds. The maximum atomic E-state index is 4.58. The van der Waals surface area contributed by atoms with Crippen LogP contribution in [0.1, 0.15) is 78.1 Å². The Morgan fingerprint density at radius 3 is 2.27 bits per heavy atom. The minimum Gasteiger partial charge on any atom is -0.0654 e. The normalized spacial score (nSPS) is 22.6. The lowest BCUT2D eigenvalue weighted by Gasteiger charge is -2.39. The van der Waals surface area contributed by atoms with Crippen LogP contribution in [-0.4, -0.2) is 0 Å². The largest absolute Gasteiger partial charge is 0.0654 e. The number of hydrogen-bond donors (Lipinski definition) is 0. The predicted octanol–water partition coefficient (Wildman–Crippen LogP) is 5.38. The van der Waals surface area contributed by atoms with Crippen molar-refractivity contribution in [1.29, 1.82) is 0 Å². The van der Waals surface area contributed by atoms with Crippen LogP contribution in [0.3, 0.4) is 0 Å². The quantitative estimate of drug-likeness (QED) is 0.515. The third kappa shape index (κ3) is 3.81. The molecule has 0 saturated heterocycles. The summed E-state index contributed by atoms with van der Waals surface area (Å²) in [6, 6.07) is 0. The van der Waals surface area contributed by atoms with Crippen molar-refractivity contribution in [2.75, 3.05) is 0 Å². The summed E-state index contributed by atoms with van der Waals surface area (Å²) in [6.45, 7) is 9.21. The SMILES string of the molecule is [CH2]C(CC)(CCCCC)C1CCCCC1. The van der Waals surface area contributed by atoms with E-state index in [1.165, 1.54) is 64.2 Å². The second-order valence-corrected chi connectivity index (χ2v) is 5.51. The first-order valence-electron chi connectivity index (χ1n) is 7.08. The van der Waals surface area contributed by atoms with Crippen molar-refractivity contribution in [3.8, 4) is 0 Å². The summed E-state index contributed by atoms with van der Waals surface area (Å²) < 4.78 is 0. The molecule has 89 valence electrons. The third-order valence-corrected chi connectivity index (χ3v) is 4.45. The van der Waals surface area contributed by atoms with E-state index in [1.807, 2.05) is 0 Å². The fraction of sp³-hybridized carbons (Fsp3) is 0.933. The lowest BCUT2D eigenvalue weighted by atomic mass is 9.66. The summed E-state index contributed by atoms with van der Waals surface area (Å²) in [5.41, 5.74) is 0.412. The summed E-state index contributed by atoms with van der Waals surface area (Å²) in [5, 5.41) is 0. The summed E-state index contributed by atoms with van der Waals surface area (Å²) in [4.78, 5) is 0. The van der Waals surface area contributed by atoms with E-state index in [-0.39, 0.29) is 0 Å². The zero-order valence-electron chi connectivity index (χ0n) is 10.9. The van der Waals surface area contributed by atoms with E-state index in [1.54, 1.807) is 0 Å². The molecule has 0 heteroatoms. The number of rotatable bonds is 6. The molecule has 1 rings (SSSR count). The van der Waals surface area contributed by atoms with Crippen LogP contribution in [0.15, 0.2) is 0 Å². The van der Waals surface area contributed by atoms with Crippen molar-refractivity contribution in [3.05, 3.63) is 6.92 Å². The molecule has 1 fully saturated rings. The molecule has 0 bridgehead atoms. The molecule has 1 saturated carbocycles. The Hall–Kier alpha value is 0. The summed E-state index contributed by atoms with van der Waals surface area (Å²) in [5.74, 6) is 0.924. The van der Waals surface area contributed by atoms with Crippen LogP contribution in [0, 0.1) is 18.3 Å². The standard InChI is InChI=1S/C15H29/c1-4-6-10-13-15(3,5-2)14-11-8-7-9-12-14/h14H,3-13H2,1-2H3. The molecular formula is C15H29. The van der Waals surface area contributed by atoms with Crippen molar-refractivity contribution in [3.63, 3.8) is 0 Å². The Kier molecular flexibility index (Phi) is 5.71. The van der Waals surface area contributed by atoms with E-state index in [9.17, 15) is 0 Å². The first-order chi connectivity index (χ1) is 7.23. The van der Waals surface area contributed by atoms with Crippen molar-refractivity contribution in [2.45, 2.75) is 78.1 Å². The molecule has 0 aliphatic heterocycles. The van der Waals surface area contributed by atoms with Crippen LogP contribution in [0.2, 0.25) is 0 Å². The van der Waals surface area contributed by atoms with E-state index >= 15 is 0 Å². The van der Waals surface area contributed by atoms with Gasteiger partial charge in [0.1, 0.15) is 0 Å². The van der Waals surface area contributed by atoms with Crippen molar-refractivity contribution >= 4 is 0 Å². The molecular weight excluding hydrogens is 180 g/mol. The smallest absolute Gasteiger partial charge is 0.0272 e. The average Bonchev–Trinajstić information content (AvgIpc) is 2.30. The minimum absolute atomic E-state index is 0.412. The second kappa shape index (κ2) is 6.55. The van der Waals surface area contributed by atoms with Gasteiger partial charge in [0.15, 0.2) is 0 Å². The van der Waals surface area contributed by atoms with Gasteiger partial charge in [0.2, 0.25) is 0 Å². The molecule has 0 N–H and O–H groups in total. The van der Waals surface area contributed by atoms with Gasteiger partial charge in [-0.1, -0.05) is 58.8 Å². The van der Waals surface area contributed by atoms with Crippen LogP contribution in [-0.2, 0) is 0 Å². The zero-order valence-corrected chi connectivity index (χ0v) is 10.9. The molecule has 1 aliphatic rings. The van der Waals surface area contributed by atoms with Crippen molar-refractivity contribution in [2.24, 2.45) is 11.3 Å². The van der Waals surface area contributed by atoms with E-state index < -0.39 is 0 Å². The van der Waals surface area contributed by atoms with Gasteiger partial charge < -0.3 is 0 Å². The number of hydrogen-bond acceptors (Lipinski definition) is 0. The first kappa shape index (κ1) is 13.1. The van der Waals surface area contributed by atoms with E-state index in [0.29, 0.717) is 5.41 Å². The lowest BCUT2D eigenvalue weighted by molar-refractivity contribution is 0.144. The molecule has 0 spiro atoms. The minimum atomic E-state index is 0.412. The zero-order chi connectivity index (χ0) is 11.1. The summed E-state index contributed by atoms with van der Waals surface area (Å²) in [7, 11) is 0. The maximum absolute atomic E-state index is 4.58. The molecule has 1 unspecified atom stereocenters. The monoisotopic (exact) mass is 209 g/mol. The van der Waals surface area contributed by atoms with Crippen LogP contribution in [0.25, 0.3) is 0 Å². The molecule has 0 nitrogen and oxygen atoms in total. The molecule has 1 radical (unpaired) electrons. The van der Waals surface area contributed by atoms with Gasteiger partial charge in [-0.3, -0.25) is 0 Å². The van der Waals surface area contributed by atoms with E-state index in [0.717, 1.165) is 5.92 Å². The topological polar surface area (TPSA) is 0 Å². The fourth-order valence-electron chi connectivity index (χ4n) is 3.11. The molecule has 0 aromatic heterocycles. The van der Waals surface area contributed by atoms with Gasteiger partial charge >= 0.3 is 0 Å². The van der Waals surface area contributed by atoms with E-state index in [2.05, 4.69) is 20.8 Å². The number of unbranched alkanes of at least 4 members (excludes halogenated alkanes) is 2. The highest BCUT2D eigenvalue weighted by Crippen LogP contribution is 2.43. The highest BCUT2D eigenvalue weighted by atomic mass is 14.4. The van der Waals surface area contributed by atoms with Gasteiger partial charge in [0.25, 0.3) is 0 Å². The van der Waals surface area contributed by atoms with Gasteiger partial charge in [0, 0.05) is 0 Å². The third-order valence-electron chi connectivity index (χ3n) is 4.45. The second-order valence-electron chi connectivity index (χ2n) is 5.51. The molecule has 1 atom stereocenters. The van der Waals surface area contributed by atoms with Crippen LogP contribution >= 0.6 is 0 Å². The first-order valence-corrected chi connectivity index (χ1v) is 7.08. The average molecular weight is 209 g/mol. The Balaban J connectivity index is 2.41. The summed E-state index contributed by atoms with van der Waals surface area (Å²) in [6.07, 6.45) is 14.0. The summed E-state index contributed by atoms with van der Waals surface area (Å²) >= 11 is 0. The van der Waals surface area contributed by atoms with Crippen LogP contribution < -0.4 is 0 Å². The van der Waals surface area contributed by atoms with Crippen molar-refractivity contribution in [1.82, 2.24) is 0 Å². The Bertz CT molecular complexity index is 155. The Labute approximate surface area is 96.8 Å². The Morgan fingerprint density at radius 2 is 1.73 bits per heavy atom. The van der Waals surface area contributed by atoms with Gasteiger partial charge in [-0.15, -0.1) is 0 Å².